The lowest BCUT2D eigenvalue weighted by Gasteiger charge is -2.26. The van der Waals surface area contributed by atoms with Crippen LogP contribution in [0.15, 0.2) is 35.3 Å². The Balaban J connectivity index is 1.56. The number of amides is 7. The Morgan fingerprint density at radius 1 is 0.470 bits per heavy atom. The Morgan fingerprint density at radius 2 is 0.890 bits per heavy atom. The summed E-state index contributed by atoms with van der Waals surface area (Å²) in [6.45, 7) is -0.891. The van der Waals surface area contributed by atoms with E-state index in [0.29, 0.717) is 11.4 Å². The minimum Gasteiger partial charge on any atom is -0.481 e. The van der Waals surface area contributed by atoms with Gasteiger partial charge in [-0.25, -0.2) is 9.97 Å². The molecule has 37 nitrogen and oxygen atoms in total. The Morgan fingerprint density at radius 3 is 1.33 bits per heavy atom. The standard InChI is InChI=1S/C63H99N21O16/c64-19-11-35(56(72)95)27-48(87)44(16-24-69)80-60(98)37(13-21-66)29-50(89)46(18-26-71)82-61(99)38(14-22-67)30-51(90)45(17-25-70)81-59(97)36(12-20-65)28-49(88)43(15-23-68)78-53(92)8-5-41(85)33-75-52(91)9-7-47(86)42(6-10-54(93)94)79-58(96)34-1-3-39(4-2-34)74-31-40-32-76-57-55(77-40)62(100)84-63(73)83-57/h1-4,32,35-38,42-46,74H,5-31,33,64-71H2,(H2,72,95)(H,75,91)(H,78,92)(H,79,96)(H,80,98)(H,81,97)(H,82,99)(H,93,94)(H3,73,76,83,84,100)/t35-,36-,37-,38-,42+,43+,44+,45+,46+/m1/s1. The highest BCUT2D eigenvalue weighted by atomic mass is 16.4. The number of nitrogens with two attached hydrogens (primary N) is 10. The third-order valence-electron chi connectivity index (χ3n) is 16.2. The second kappa shape index (κ2) is 45.2. The van der Waals surface area contributed by atoms with Crippen molar-refractivity contribution >= 4 is 105 Å². The Kier molecular flexibility index (Phi) is 38.3. The molecule has 0 spiro atoms. The van der Waals surface area contributed by atoms with Crippen LogP contribution in [0.2, 0.25) is 0 Å². The number of primary amides is 1. The number of carboxylic acids is 1. The molecule has 2 aromatic heterocycles. The van der Waals surface area contributed by atoms with Crippen LogP contribution in [0.4, 0.5) is 11.6 Å². The summed E-state index contributed by atoms with van der Waals surface area (Å²) in [5, 5.41) is 27.7. The highest BCUT2D eigenvalue weighted by molar-refractivity contribution is 6.00. The summed E-state index contributed by atoms with van der Waals surface area (Å²) in [6.07, 6.45) is -3.14. The number of ketones is 6. The third kappa shape index (κ3) is 29.9. The fraction of sp³-hybridized carbons (Fsp3) is 0.587. The predicted molar refractivity (Wildman–Crippen MR) is 364 cm³/mol. The monoisotopic (exact) mass is 1410 g/mol. The van der Waals surface area contributed by atoms with Gasteiger partial charge in [0.15, 0.2) is 45.9 Å². The van der Waals surface area contributed by atoms with E-state index in [1.807, 2.05) is 0 Å². The predicted octanol–water partition coefficient (Wildman–Crippen LogP) is -5.80. The molecule has 0 aliphatic carbocycles. The first-order valence-corrected chi connectivity index (χ1v) is 33.1. The van der Waals surface area contributed by atoms with E-state index in [-0.39, 0.29) is 146 Å². The van der Waals surface area contributed by atoms with Gasteiger partial charge in [-0.3, -0.25) is 76.9 Å². The van der Waals surface area contributed by atoms with E-state index in [0.717, 1.165) is 0 Å². The molecule has 100 heavy (non-hydrogen) atoms. The lowest BCUT2D eigenvalue weighted by atomic mass is 9.90. The summed E-state index contributed by atoms with van der Waals surface area (Å²) in [5.74, 6) is -14.5. The van der Waals surface area contributed by atoms with Crippen molar-refractivity contribution in [2.24, 2.45) is 75.3 Å². The molecule has 37 heteroatoms. The number of carbonyl (C=O) groups excluding carboxylic acids is 13. The van der Waals surface area contributed by atoms with Crippen LogP contribution < -0.4 is 100 Å². The number of carbonyl (C=O) groups is 14. The molecule has 0 bridgehead atoms. The average molecular weight is 1410 g/mol. The summed E-state index contributed by atoms with van der Waals surface area (Å²) in [4.78, 5) is 212. The van der Waals surface area contributed by atoms with Crippen molar-refractivity contribution in [2.75, 3.05) is 70.0 Å². The quantitative estimate of drug-likeness (QED) is 0.0250. The largest absolute Gasteiger partial charge is 0.481 e. The number of nitrogen functional groups attached to an aromatic ring is 1. The van der Waals surface area contributed by atoms with Gasteiger partial charge in [0.25, 0.3) is 11.5 Å². The molecule has 9 atom stereocenters. The number of aromatic amines is 1. The van der Waals surface area contributed by atoms with Crippen LogP contribution in [0.25, 0.3) is 11.2 Å². The molecule has 3 aromatic rings. The number of Topliss-reactive ketones (excluding diaryl/α,β-unsaturated/α-hetero) is 6. The van der Waals surface area contributed by atoms with Crippen LogP contribution in [0.3, 0.4) is 0 Å². The summed E-state index contributed by atoms with van der Waals surface area (Å²) >= 11 is 0. The molecule has 552 valence electrons. The molecule has 0 saturated heterocycles. The fourth-order valence-corrected chi connectivity index (χ4v) is 10.6. The molecular formula is C63H99N21O16. The summed E-state index contributed by atoms with van der Waals surface area (Å²) in [5.41, 5.74) is 58.0. The topological polar surface area (TPSA) is 675 Å². The highest BCUT2D eigenvalue weighted by Gasteiger charge is 2.35. The van der Waals surface area contributed by atoms with E-state index in [1.165, 1.54) is 18.3 Å². The first kappa shape index (κ1) is 84.7. The van der Waals surface area contributed by atoms with E-state index >= 15 is 0 Å². The van der Waals surface area contributed by atoms with Gasteiger partial charge in [0.05, 0.1) is 55.2 Å². The van der Waals surface area contributed by atoms with Gasteiger partial charge < -0.3 is 99.7 Å². The summed E-state index contributed by atoms with van der Waals surface area (Å²) in [6, 6.07) is -0.205. The normalized spacial score (nSPS) is 13.9. The molecule has 7 amide bonds. The van der Waals surface area contributed by atoms with Gasteiger partial charge in [-0.2, -0.15) is 4.98 Å². The number of nitrogens with one attached hydrogen (secondary N) is 8. The number of anilines is 2. The van der Waals surface area contributed by atoms with Crippen LogP contribution in [-0.4, -0.2) is 196 Å². The number of aliphatic carboxylic acids is 1. The third-order valence-corrected chi connectivity index (χ3v) is 16.2. The maximum atomic E-state index is 14.0. The van der Waals surface area contributed by atoms with Crippen LogP contribution in [0, 0.1) is 23.7 Å². The van der Waals surface area contributed by atoms with Crippen molar-refractivity contribution in [2.45, 2.75) is 152 Å². The maximum Gasteiger partial charge on any atom is 0.303 e. The molecule has 29 N–H and O–H groups in total. The van der Waals surface area contributed by atoms with Gasteiger partial charge in [0.2, 0.25) is 41.4 Å². The van der Waals surface area contributed by atoms with Gasteiger partial charge in [-0.05, 0) is 134 Å². The molecule has 0 unspecified atom stereocenters. The van der Waals surface area contributed by atoms with E-state index in [9.17, 15) is 77.0 Å². The Bertz CT molecular complexity index is 3360. The molecule has 0 fully saturated rings. The number of fused-ring (bicyclic) bond motifs is 1. The molecule has 0 radical (unpaired) electrons. The van der Waals surface area contributed by atoms with E-state index in [2.05, 4.69) is 57.2 Å². The number of rotatable bonds is 53. The second-order valence-electron chi connectivity index (χ2n) is 24.0. The maximum absolute atomic E-state index is 14.0. The minimum absolute atomic E-state index is 0.00580. The molecule has 0 aliphatic heterocycles. The highest BCUT2D eigenvalue weighted by Crippen LogP contribution is 2.20. The fourth-order valence-electron chi connectivity index (χ4n) is 10.6. The molecule has 0 aliphatic rings. The van der Waals surface area contributed by atoms with Crippen LogP contribution >= 0.6 is 0 Å². The molecule has 0 saturated carbocycles. The minimum atomic E-state index is -1.30. The van der Waals surface area contributed by atoms with Crippen molar-refractivity contribution in [1.29, 1.82) is 0 Å². The summed E-state index contributed by atoms with van der Waals surface area (Å²) in [7, 11) is 0. The smallest absolute Gasteiger partial charge is 0.303 e. The second-order valence-corrected chi connectivity index (χ2v) is 24.0. The van der Waals surface area contributed by atoms with Crippen molar-refractivity contribution in [3.63, 3.8) is 0 Å². The van der Waals surface area contributed by atoms with Gasteiger partial charge in [-0.1, -0.05) is 0 Å². The molecule has 3 rings (SSSR count). The average Bonchev–Trinajstić information content (AvgIpc) is 0.836. The van der Waals surface area contributed by atoms with Gasteiger partial charge in [-0.15, -0.1) is 0 Å². The van der Waals surface area contributed by atoms with Gasteiger partial charge in [0.1, 0.15) is 0 Å². The van der Waals surface area contributed by atoms with Crippen LogP contribution in [-0.2, 0) is 68.9 Å². The molecule has 2 heterocycles. The van der Waals surface area contributed by atoms with Gasteiger partial charge in [0, 0.05) is 92.7 Å². The number of carboxylic acid groups (broad SMARTS) is 1. The van der Waals surface area contributed by atoms with E-state index in [4.69, 9.17) is 57.3 Å². The van der Waals surface area contributed by atoms with Crippen molar-refractivity contribution in [3.05, 3.63) is 52.1 Å². The number of nitrogens with zero attached hydrogens (tertiary/aromatic N) is 3. The number of H-pyrrole nitrogens is 1. The zero-order valence-electron chi connectivity index (χ0n) is 56.1. The lowest BCUT2D eigenvalue weighted by Crippen LogP contribution is -2.50. The zero-order chi connectivity index (χ0) is 74.4. The van der Waals surface area contributed by atoms with Gasteiger partial charge >= 0.3 is 5.97 Å². The van der Waals surface area contributed by atoms with Crippen LogP contribution in [0.5, 0.6) is 0 Å². The Labute approximate surface area is 576 Å². The molecular weight excluding hydrogens is 1310 g/mol. The summed E-state index contributed by atoms with van der Waals surface area (Å²) < 4.78 is 0. The lowest BCUT2D eigenvalue weighted by molar-refractivity contribution is -0.137. The van der Waals surface area contributed by atoms with Crippen LogP contribution in [0.1, 0.15) is 132 Å². The zero-order valence-corrected chi connectivity index (χ0v) is 56.1. The number of hydrogen-bond acceptors (Lipinski definition) is 28. The first-order valence-electron chi connectivity index (χ1n) is 33.1. The first-order chi connectivity index (χ1) is 47.6. The number of hydrogen-bond donors (Lipinski definition) is 19. The van der Waals surface area contributed by atoms with E-state index in [1.54, 1.807) is 12.1 Å². The van der Waals surface area contributed by atoms with Crippen molar-refractivity contribution in [3.8, 4) is 0 Å². The number of benzene rings is 1. The number of aromatic nitrogens is 4. The molecule has 1 aromatic carbocycles. The van der Waals surface area contributed by atoms with E-state index < -0.39 is 199 Å². The van der Waals surface area contributed by atoms with Crippen molar-refractivity contribution < 1.29 is 72.2 Å². The Hall–Kier alpha value is -9.50. The SMILES string of the molecule is NCC[C@H](CC(=O)[C@H](CCN)NC(=O)[C@H](CCN)CC(=O)[C@H](CCN)NC(=O)[C@H](CCN)CC(=O)[C@H](CCN)NC(=O)[C@H](CCN)CC(=O)[C@H](CCN)NC(=O)CCC(=O)CNC(=O)CCC(=O)[C@H](CCC(=O)O)NC(=O)c1ccc(NCc2cnc3nc(N)[nH]c(=O)c3n2)cc1)C(N)=O. The van der Waals surface area contributed by atoms with Crippen molar-refractivity contribution in [1.82, 2.24) is 51.8 Å².